The fourth-order valence-electron chi connectivity index (χ4n) is 1.31. The van der Waals surface area contributed by atoms with Crippen LogP contribution in [-0.2, 0) is 0 Å². The van der Waals surface area contributed by atoms with Gasteiger partial charge in [0.15, 0.2) is 0 Å². The molecule has 0 aliphatic heterocycles. The molecule has 0 unspecified atom stereocenters. The van der Waals surface area contributed by atoms with Crippen LogP contribution < -0.4 is 0 Å². The third-order valence-corrected chi connectivity index (χ3v) is 1.99. The van der Waals surface area contributed by atoms with Crippen LogP contribution in [0.4, 0.5) is 0 Å². The summed E-state index contributed by atoms with van der Waals surface area (Å²) in [5.41, 5.74) is 0. The van der Waals surface area contributed by atoms with Gasteiger partial charge in [0.25, 0.3) is 13.2 Å². The number of rotatable bonds is 2. The first-order valence-corrected chi connectivity index (χ1v) is 4.94. The standard InChI is InChI=1S/C13H11B3/c1-6-11-15(12-7-2)16(13-8-3)14(9-4)10-5/h4-5H,1-3H3. The average molecular weight is 200 g/mol. The van der Waals surface area contributed by atoms with Crippen molar-refractivity contribution in [3.8, 4) is 59.7 Å². The Morgan fingerprint density at radius 2 is 1.12 bits per heavy atom. The Balaban J connectivity index is 5.33. The summed E-state index contributed by atoms with van der Waals surface area (Å²) in [5.74, 6) is 22.6. The van der Waals surface area contributed by atoms with Crippen molar-refractivity contribution < 1.29 is 0 Å². The Labute approximate surface area is 101 Å². The maximum absolute atomic E-state index is 5.39. The van der Waals surface area contributed by atoms with Gasteiger partial charge < -0.3 is 0 Å². The normalized spacial score (nSPS) is 6.06. The zero-order valence-electron chi connectivity index (χ0n) is 9.89. The number of terminal acetylenes is 2. The second kappa shape index (κ2) is 8.32. The van der Waals surface area contributed by atoms with E-state index in [0.717, 1.165) is 0 Å². The summed E-state index contributed by atoms with van der Waals surface area (Å²) in [5, 5.41) is 0. The van der Waals surface area contributed by atoms with E-state index in [0.29, 0.717) is 0 Å². The molecule has 0 aliphatic rings. The molecule has 0 bridgehead atoms. The Morgan fingerprint density at radius 3 is 1.44 bits per heavy atom. The van der Waals surface area contributed by atoms with E-state index in [9.17, 15) is 0 Å². The predicted octanol–water partition coefficient (Wildman–Crippen LogP) is 0.660. The summed E-state index contributed by atoms with van der Waals surface area (Å²) in [7, 11) is 0. The quantitative estimate of drug-likeness (QED) is 0.453. The molecule has 0 spiro atoms. The van der Waals surface area contributed by atoms with Crippen LogP contribution in [0.2, 0.25) is 0 Å². The van der Waals surface area contributed by atoms with Crippen molar-refractivity contribution in [3.05, 3.63) is 0 Å². The average Bonchev–Trinajstić information content (AvgIpc) is 2.29. The fourth-order valence-corrected chi connectivity index (χ4v) is 1.31. The molecule has 3 heteroatoms. The van der Waals surface area contributed by atoms with Gasteiger partial charge in [0.2, 0.25) is 6.49 Å². The lowest BCUT2D eigenvalue weighted by Crippen LogP contribution is -2.46. The van der Waals surface area contributed by atoms with E-state index in [2.05, 4.69) is 46.9 Å². The molecule has 16 heavy (non-hydrogen) atoms. The van der Waals surface area contributed by atoms with E-state index < -0.39 is 0 Å². The van der Waals surface area contributed by atoms with Crippen LogP contribution in [0.5, 0.6) is 0 Å². The number of hydrogen-bond acceptors (Lipinski definition) is 0. The van der Waals surface area contributed by atoms with Gasteiger partial charge in [0.05, 0.1) is 0 Å². The minimum Gasteiger partial charge on any atom is -0.168 e. The molecule has 0 saturated heterocycles. The molecule has 0 saturated carbocycles. The van der Waals surface area contributed by atoms with Gasteiger partial charge >= 0.3 is 0 Å². The Morgan fingerprint density at radius 1 is 0.688 bits per heavy atom. The summed E-state index contributed by atoms with van der Waals surface area (Å²) in [6.07, 6.45) is 10.8. The van der Waals surface area contributed by atoms with Crippen LogP contribution in [0, 0.1) is 59.7 Å². The highest BCUT2D eigenvalue weighted by atomic mass is 13.5. The van der Waals surface area contributed by atoms with Crippen molar-refractivity contribution in [1.82, 2.24) is 0 Å². The molecule has 0 heterocycles. The van der Waals surface area contributed by atoms with Crippen LogP contribution in [0.1, 0.15) is 20.8 Å². The van der Waals surface area contributed by atoms with Crippen LogP contribution in [-0.4, -0.2) is 19.7 Å². The molecule has 72 valence electrons. The van der Waals surface area contributed by atoms with E-state index in [1.54, 1.807) is 20.8 Å². The molecule has 0 rings (SSSR count). The zero-order chi connectivity index (χ0) is 12.4. The van der Waals surface area contributed by atoms with Crippen LogP contribution >= 0.6 is 0 Å². The minimum atomic E-state index is -0.348. The molecule has 0 nitrogen and oxygen atoms in total. The first-order chi connectivity index (χ1) is 7.74. The summed E-state index contributed by atoms with van der Waals surface area (Å²) in [6.45, 7) is 4.58. The number of hydrogen-bond donors (Lipinski definition) is 0. The highest BCUT2D eigenvalue weighted by Gasteiger charge is 2.34. The predicted molar refractivity (Wildman–Crippen MR) is 75.3 cm³/mol. The summed E-state index contributed by atoms with van der Waals surface area (Å²) in [4.78, 5) is 0. The summed E-state index contributed by atoms with van der Waals surface area (Å²) in [6, 6.07) is 0. The van der Waals surface area contributed by atoms with E-state index in [1.165, 1.54) is 0 Å². The first kappa shape index (κ1) is 14.0. The molecule has 0 aromatic heterocycles. The van der Waals surface area contributed by atoms with Crippen LogP contribution in [0.15, 0.2) is 0 Å². The van der Waals surface area contributed by atoms with Crippen LogP contribution in [0.3, 0.4) is 0 Å². The minimum absolute atomic E-state index is 0.181. The van der Waals surface area contributed by atoms with Gasteiger partial charge in [-0.25, -0.2) is 0 Å². The van der Waals surface area contributed by atoms with E-state index in [4.69, 9.17) is 12.8 Å². The van der Waals surface area contributed by atoms with Crippen molar-refractivity contribution in [3.63, 3.8) is 0 Å². The zero-order valence-corrected chi connectivity index (χ0v) is 9.89. The largest absolute Gasteiger partial charge is 0.292 e. The highest BCUT2D eigenvalue weighted by molar-refractivity contribution is 7.59. The maximum atomic E-state index is 5.39. The van der Waals surface area contributed by atoms with Crippen molar-refractivity contribution in [1.29, 1.82) is 0 Å². The first-order valence-electron chi connectivity index (χ1n) is 4.94. The van der Waals surface area contributed by atoms with Crippen molar-refractivity contribution >= 4 is 19.7 Å². The second-order valence-corrected chi connectivity index (χ2v) is 3.00. The van der Waals surface area contributed by atoms with Gasteiger partial charge in [-0.3, -0.25) is 0 Å². The lowest BCUT2D eigenvalue weighted by atomic mass is 8.89. The molecular formula is C13H11B3. The van der Waals surface area contributed by atoms with Gasteiger partial charge in [0.1, 0.15) is 0 Å². The maximum Gasteiger partial charge on any atom is 0.292 e. The molecule has 0 fully saturated rings. The molecule has 0 aromatic carbocycles. The van der Waals surface area contributed by atoms with Gasteiger partial charge in [-0.15, -0.1) is 53.9 Å². The molecule has 0 atom stereocenters. The molecule has 0 N–H and O–H groups in total. The Hall–Kier alpha value is -2.01. The van der Waals surface area contributed by atoms with Crippen molar-refractivity contribution in [2.75, 3.05) is 0 Å². The molecule has 0 amide bonds. The summed E-state index contributed by atoms with van der Waals surface area (Å²) < 4.78 is 0. The van der Waals surface area contributed by atoms with Gasteiger partial charge in [0, 0.05) is 0 Å². The van der Waals surface area contributed by atoms with Gasteiger partial charge in [-0.1, -0.05) is 0 Å². The Bertz CT molecular complexity index is 451. The van der Waals surface area contributed by atoms with E-state index in [-0.39, 0.29) is 19.7 Å². The Kier molecular flexibility index (Phi) is 7.27. The third-order valence-electron chi connectivity index (χ3n) is 1.99. The smallest absolute Gasteiger partial charge is 0.168 e. The fraction of sp³-hybridized carbons (Fsp3) is 0.231. The molecular weight excluding hydrogens is 189 g/mol. The highest BCUT2D eigenvalue weighted by Crippen LogP contribution is 1.94. The third kappa shape index (κ3) is 4.02. The lowest BCUT2D eigenvalue weighted by Gasteiger charge is -2.06. The lowest BCUT2D eigenvalue weighted by molar-refractivity contribution is 1.92. The van der Waals surface area contributed by atoms with E-state index >= 15 is 0 Å². The molecule has 0 aromatic rings. The monoisotopic (exact) mass is 200 g/mol. The van der Waals surface area contributed by atoms with Gasteiger partial charge in [-0.05, 0) is 20.8 Å². The molecule has 0 radical (unpaired) electrons. The molecule has 0 aliphatic carbocycles. The second-order valence-electron chi connectivity index (χ2n) is 3.00. The SMILES string of the molecule is C#CB(C#C)B(C#CC)B(C#CC)C#CC. The van der Waals surface area contributed by atoms with Gasteiger partial charge in [-0.2, -0.15) is 5.82 Å². The van der Waals surface area contributed by atoms with E-state index in [1.807, 2.05) is 0 Å². The summed E-state index contributed by atoms with van der Waals surface area (Å²) >= 11 is 0. The van der Waals surface area contributed by atoms with Crippen LogP contribution in [0.25, 0.3) is 0 Å². The van der Waals surface area contributed by atoms with Crippen molar-refractivity contribution in [2.45, 2.75) is 20.8 Å². The topological polar surface area (TPSA) is 0 Å². The van der Waals surface area contributed by atoms with Crippen molar-refractivity contribution in [2.24, 2.45) is 0 Å².